The number of pyridine rings is 1. The highest BCUT2D eigenvalue weighted by Crippen LogP contribution is 2.46. The molecule has 2 aromatic carbocycles. The van der Waals surface area contributed by atoms with Crippen LogP contribution in [-0.2, 0) is 21.6 Å². The van der Waals surface area contributed by atoms with Crippen LogP contribution in [-0.4, -0.2) is 36.9 Å². The fraction of sp³-hybridized carbons (Fsp3) is 0.419. The normalized spacial score (nSPS) is 15.2. The zero-order valence-corrected chi connectivity index (χ0v) is 22.6. The van der Waals surface area contributed by atoms with Gasteiger partial charge in [0.1, 0.15) is 12.4 Å². The quantitative estimate of drug-likeness (QED) is 0.266. The van der Waals surface area contributed by atoms with Gasteiger partial charge in [0, 0.05) is 24.2 Å². The molecule has 4 rings (SSSR count). The van der Waals surface area contributed by atoms with E-state index in [1.54, 1.807) is 31.4 Å². The van der Waals surface area contributed by atoms with Crippen molar-refractivity contribution in [2.75, 3.05) is 20.8 Å². The van der Waals surface area contributed by atoms with Gasteiger partial charge in [0.2, 0.25) is 5.88 Å². The van der Waals surface area contributed by atoms with Crippen molar-refractivity contribution in [2.24, 2.45) is 0 Å². The Morgan fingerprint density at radius 1 is 1.10 bits per heavy atom. The van der Waals surface area contributed by atoms with E-state index in [-0.39, 0.29) is 24.2 Å². The van der Waals surface area contributed by atoms with Crippen LogP contribution in [0.3, 0.4) is 0 Å². The SMILES string of the molecule is CC[C@H](CC(=O)O)c1cccc(OCc2ccc(-c3cc(OC)ncc3F)c(C3(COC)CCCC3)c2)c1F. The van der Waals surface area contributed by atoms with Crippen LogP contribution in [0.1, 0.15) is 68.1 Å². The van der Waals surface area contributed by atoms with Gasteiger partial charge in [-0.15, -0.1) is 0 Å². The van der Waals surface area contributed by atoms with Crippen molar-refractivity contribution >= 4 is 5.97 Å². The summed E-state index contributed by atoms with van der Waals surface area (Å²) >= 11 is 0. The van der Waals surface area contributed by atoms with Crippen LogP contribution in [0.4, 0.5) is 8.78 Å². The number of carbonyl (C=O) groups is 1. The van der Waals surface area contributed by atoms with E-state index in [0.717, 1.165) is 48.6 Å². The summed E-state index contributed by atoms with van der Waals surface area (Å²) in [5.74, 6) is -2.02. The Kier molecular flexibility index (Phi) is 9.17. The van der Waals surface area contributed by atoms with Gasteiger partial charge in [0.05, 0.1) is 26.3 Å². The molecule has 0 saturated heterocycles. The van der Waals surface area contributed by atoms with Crippen LogP contribution in [0, 0.1) is 11.6 Å². The van der Waals surface area contributed by atoms with Crippen LogP contribution in [0.2, 0.25) is 0 Å². The monoisotopic (exact) mass is 539 g/mol. The van der Waals surface area contributed by atoms with Crippen molar-refractivity contribution in [1.82, 2.24) is 4.98 Å². The molecule has 1 N–H and O–H groups in total. The molecule has 1 heterocycles. The average molecular weight is 540 g/mol. The highest BCUT2D eigenvalue weighted by atomic mass is 19.1. The first kappa shape index (κ1) is 28.5. The Morgan fingerprint density at radius 2 is 1.87 bits per heavy atom. The smallest absolute Gasteiger partial charge is 0.303 e. The molecule has 0 bridgehead atoms. The van der Waals surface area contributed by atoms with Crippen LogP contribution in [0.5, 0.6) is 11.6 Å². The number of hydrogen-bond acceptors (Lipinski definition) is 5. The fourth-order valence-electron chi connectivity index (χ4n) is 5.71. The van der Waals surface area contributed by atoms with Crippen molar-refractivity contribution < 1.29 is 32.9 Å². The third-order valence-electron chi connectivity index (χ3n) is 7.71. The molecule has 0 spiro atoms. The molecule has 1 saturated carbocycles. The third kappa shape index (κ3) is 6.22. The van der Waals surface area contributed by atoms with Gasteiger partial charge in [-0.25, -0.2) is 13.8 Å². The second-order valence-electron chi connectivity index (χ2n) is 10.2. The number of aromatic nitrogens is 1. The Hall–Kier alpha value is -3.52. The van der Waals surface area contributed by atoms with Gasteiger partial charge in [-0.1, -0.05) is 50.1 Å². The van der Waals surface area contributed by atoms with Crippen LogP contribution in [0.25, 0.3) is 11.1 Å². The number of halogens is 2. The molecule has 6 nitrogen and oxygen atoms in total. The van der Waals surface area contributed by atoms with Crippen LogP contribution in [0.15, 0.2) is 48.7 Å². The van der Waals surface area contributed by atoms with Crippen molar-refractivity contribution in [3.8, 4) is 22.8 Å². The Labute approximate surface area is 227 Å². The summed E-state index contributed by atoms with van der Waals surface area (Å²) in [5.41, 5.74) is 2.94. The first-order valence-electron chi connectivity index (χ1n) is 13.3. The number of nitrogens with zero attached hydrogens (tertiary/aromatic N) is 1. The molecule has 1 atom stereocenters. The van der Waals surface area contributed by atoms with Gasteiger partial charge in [0.15, 0.2) is 11.6 Å². The molecule has 0 aliphatic heterocycles. The lowest BCUT2D eigenvalue weighted by atomic mass is 9.75. The summed E-state index contributed by atoms with van der Waals surface area (Å²) in [6.45, 7) is 2.42. The second kappa shape index (κ2) is 12.6. The summed E-state index contributed by atoms with van der Waals surface area (Å²) in [6.07, 6.45) is 5.39. The zero-order valence-electron chi connectivity index (χ0n) is 22.6. The van der Waals surface area contributed by atoms with Gasteiger partial charge in [-0.3, -0.25) is 4.79 Å². The Balaban J connectivity index is 1.70. The number of hydrogen-bond donors (Lipinski definition) is 1. The summed E-state index contributed by atoms with van der Waals surface area (Å²) in [5, 5.41) is 9.22. The predicted octanol–water partition coefficient (Wildman–Crippen LogP) is 7.04. The summed E-state index contributed by atoms with van der Waals surface area (Å²) < 4.78 is 47.2. The predicted molar refractivity (Wildman–Crippen MR) is 144 cm³/mol. The number of benzene rings is 2. The van der Waals surface area contributed by atoms with E-state index in [1.807, 2.05) is 25.1 Å². The lowest BCUT2D eigenvalue weighted by molar-refractivity contribution is -0.137. The van der Waals surface area contributed by atoms with Crippen molar-refractivity contribution in [1.29, 1.82) is 0 Å². The summed E-state index contributed by atoms with van der Waals surface area (Å²) in [7, 11) is 3.17. The molecule has 0 amide bonds. The molecule has 1 aromatic heterocycles. The molecule has 39 heavy (non-hydrogen) atoms. The standard InChI is InChI=1S/C31H35F2NO5/c1-4-21(15-29(35)36)22-8-7-9-27(30(22)33)39-18-20-10-11-23(24-16-28(38-3)34-17-26(24)32)25(14-20)31(19-37-2)12-5-6-13-31/h7-11,14,16-17,21H,4-6,12-13,15,18-19H2,1-3H3,(H,35,36)/t21-/m1/s1. The van der Waals surface area contributed by atoms with E-state index < -0.39 is 23.5 Å². The van der Waals surface area contributed by atoms with E-state index in [0.29, 0.717) is 30.0 Å². The molecule has 208 valence electrons. The molecular formula is C31H35F2NO5. The van der Waals surface area contributed by atoms with E-state index in [2.05, 4.69) is 4.98 Å². The minimum atomic E-state index is -0.972. The number of aliphatic carboxylic acids is 1. The van der Waals surface area contributed by atoms with E-state index >= 15 is 8.78 Å². The van der Waals surface area contributed by atoms with Crippen molar-refractivity contribution in [3.63, 3.8) is 0 Å². The molecule has 1 aliphatic rings. The van der Waals surface area contributed by atoms with Gasteiger partial charge in [0.25, 0.3) is 0 Å². The third-order valence-corrected chi connectivity index (χ3v) is 7.71. The molecule has 8 heteroatoms. The van der Waals surface area contributed by atoms with E-state index in [1.165, 1.54) is 7.11 Å². The molecule has 0 radical (unpaired) electrons. The van der Waals surface area contributed by atoms with E-state index in [9.17, 15) is 9.90 Å². The largest absolute Gasteiger partial charge is 0.486 e. The molecule has 0 unspecified atom stereocenters. The molecular weight excluding hydrogens is 504 g/mol. The van der Waals surface area contributed by atoms with Gasteiger partial charge < -0.3 is 19.3 Å². The number of carboxylic acid groups (broad SMARTS) is 1. The fourth-order valence-corrected chi connectivity index (χ4v) is 5.71. The van der Waals surface area contributed by atoms with Gasteiger partial charge in [-0.05, 0) is 53.5 Å². The molecule has 1 aliphatic carbocycles. The summed E-state index contributed by atoms with van der Waals surface area (Å²) in [4.78, 5) is 15.2. The lowest BCUT2D eigenvalue weighted by Gasteiger charge is -2.32. The molecule has 1 fully saturated rings. The van der Waals surface area contributed by atoms with E-state index in [4.69, 9.17) is 14.2 Å². The number of carboxylic acids is 1. The zero-order chi connectivity index (χ0) is 28.0. The topological polar surface area (TPSA) is 77.9 Å². The maximum Gasteiger partial charge on any atom is 0.303 e. The number of ether oxygens (including phenoxy) is 3. The molecule has 3 aromatic rings. The van der Waals surface area contributed by atoms with Gasteiger partial charge in [-0.2, -0.15) is 0 Å². The van der Waals surface area contributed by atoms with Crippen molar-refractivity contribution in [3.05, 3.63) is 77.0 Å². The Bertz CT molecular complexity index is 1310. The number of methoxy groups -OCH3 is 2. The van der Waals surface area contributed by atoms with Crippen molar-refractivity contribution in [2.45, 2.75) is 63.4 Å². The number of rotatable bonds is 12. The summed E-state index contributed by atoms with van der Waals surface area (Å²) in [6, 6.07) is 12.2. The second-order valence-corrected chi connectivity index (χ2v) is 10.2. The van der Waals surface area contributed by atoms with Crippen LogP contribution >= 0.6 is 0 Å². The minimum absolute atomic E-state index is 0.0688. The first-order chi connectivity index (χ1) is 18.8. The minimum Gasteiger partial charge on any atom is -0.486 e. The highest BCUT2D eigenvalue weighted by molar-refractivity contribution is 5.71. The maximum absolute atomic E-state index is 15.4. The highest BCUT2D eigenvalue weighted by Gasteiger charge is 2.38. The Morgan fingerprint density at radius 3 is 2.54 bits per heavy atom. The first-order valence-corrected chi connectivity index (χ1v) is 13.3. The maximum atomic E-state index is 15.4. The average Bonchev–Trinajstić information content (AvgIpc) is 3.41. The van der Waals surface area contributed by atoms with Crippen LogP contribution < -0.4 is 9.47 Å². The van der Waals surface area contributed by atoms with Gasteiger partial charge >= 0.3 is 5.97 Å². The lowest BCUT2D eigenvalue weighted by Crippen LogP contribution is -2.29.